The van der Waals surface area contributed by atoms with E-state index in [-0.39, 0.29) is 23.1 Å². The van der Waals surface area contributed by atoms with Crippen molar-refractivity contribution in [3.63, 3.8) is 0 Å². The average Bonchev–Trinajstić information content (AvgIpc) is 3.11. The van der Waals surface area contributed by atoms with Crippen molar-refractivity contribution in [2.75, 3.05) is 19.6 Å². The third kappa shape index (κ3) is 3.54. The number of thiophene rings is 1. The predicted octanol–water partition coefficient (Wildman–Crippen LogP) is 3.35. The molecule has 1 aliphatic carbocycles. The maximum Gasteiger partial charge on any atom is 0.263 e. The van der Waals surface area contributed by atoms with E-state index in [1.54, 1.807) is 0 Å². The Morgan fingerprint density at radius 3 is 2.58 bits per heavy atom. The van der Waals surface area contributed by atoms with E-state index in [0.717, 1.165) is 43.6 Å². The first kappa shape index (κ1) is 17.3. The molecule has 0 bridgehead atoms. The molecule has 2 heterocycles. The van der Waals surface area contributed by atoms with Crippen molar-refractivity contribution in [1.29, 1.82) is 0 Å². The van der Waals surface area contributed by atoms with Gasteiger partial charge in [0.25, 0.3) is 5.91 Å². The summed E-state index contributed by atoms with van der Waals surface area (Å²) in [6.45, 7) is 2.23. The molecule has 2 amide bonds. The summed E-state index contributed by atoms with van der Waals surface area (Å²) >= 11 is 1.50. The van der Waals surface area contributed by atoms with Crippen LogP contribution in [0.25, 0.3) is 0 Å². The lowest BCUT2D eigenvalue weighted by molar-refractivity contribution is -0.123. The number of nitrogens with one attached hydrogen (secondary N) is 1. The molecule has 1 N–H and O–H groups in total. The summed E-state index contributed by atoms with van der Waals surface area (Å²) in [6.07, 6.45) is 3.74. The fraction of sp³-hybridized carbons (Fsp3) is 0.429. The Balaban J connectivity index is 1.23. The third-order valence-electron chi connectivity index (χ3n) is 5.84. The molecule has 5 heteroatoms. The molecular weight excluding hydrogens is 344 g/mol. The van der Waals surface area contributed by atoms with Crippen LogP contribution >= 0.6 is 11.3 Å². The van der Waals surface area contributed by atoms with Crippen LogP contribution in [-0.4, -0.2) is 36.3 Å². The van der Waals surface area contributed by atoms with Gasteiger partial charge in [-0.1, -0.05) is 36.4 Å². The zero-order valence-corrected chi connectivity index (χ0v) is 15.6. The highest BCUT2D eigenvalue weighted by atomic mass is 32.1. The molecule has 1 spiro atoms. The minimum Gasteiger partial charge on any atom is -0.356 e. The molecule has 1 saturated heterocycles. The van der Waals surface area contributed by atoms with Crippen molar-refractivity contribution in [1.82, 2.24) is 10.2 Å². The van der Waals surface area contributed by atoms with Crippen LogP contribution in [0.1, 0.15) is 34.5 Å². The second-order valence-corrected chi connectivity index (χ2v) is 8.36. The number of carbonyl (C=O) groups excluding carboxylic acids is 2. The number of amides is 2. The maximum atomic E-state index is 12.5. The van der Waals surface area contributed by atoms with Crippen LogP contribution in [0.4, 0.5) is 0 Å². The zero-order valence-electron chi connectivity index (χ0n) is 14.8. The lowest BCUT2D eigenvalue weighted by Crippen LogP contribution is -2.40. The van der Waals surface area contributed by atoms with Gasteiger partial charge in [0.05, 0.1) is 4.88 Å². The zero-order chi connectivity index (χ0) is 18.0. The number of hydrogen-bond donors (Lipinski definition) is 1. The van der Waals surface area contributed by atoms with Gasteiger partial charge in [-0.05, 0) is 48.1 Å². The second kappa shape index (κ2) is 7.23. The molecule has 4 nitrogen and oxygen atoms in total. The van der Waals surface area contributed by atoms with Crippen molar-refractivity contribution in [3.8, 4) is 0 Å². The van der Waals surface area contributed by atoms with E-state index < -0.39 is 0 Å². The molecule has 0 radical (unpaired) electrons. The third-order valence-corrected chi connectivity index (χ3v) is 6.70. The highest BCUT2D eigenvalue weighted by molar-refractivity contribution is 7.12. The molecule has 4 rings (SSSR count). The first-order chi connectivity index (χ1) is 12.7. The molecule has 1 aliphatic heterocycles. The number of hydrogen-bond acceptors (Lipinski definition) is 3. The van der Waals surface area contributed by atoms with E-state index in [4.69, 9.17) is 0 Å². The van der Waals surface area contributed by atoms with Gasteiger partial charge in [0.1, 0.15) is 0 Å². The van der Waals surface area contributed by atoms with Crippen LogP contribution < -0.4 is 5.32 Å². The van der Waals surface area contributed by atoms with E-state index in [9.17, 15) is 9.59 Å². The van der Waals surface area contributed by atoms with Crippen molar-refractivity contribution >= 4 is 23.2 Å². The Labute approximate surface area is 158 Å². The SMILES string of the molecule is O=C(NCCc1ccccc1)[C@H]1CC12CCN(C(=O)c1cccs1)CC2. The number of rotatable bonds is 5. The summed E-state index contributed by atoms with van der Waals surface area (Å²) < 4.78 is 0. The standard InChI is InChI=1S/C21H24N2O2S/c24-19(22-11-8-16-5-2-1-3-6-16)17-15-21(17)9-12-23(13-10-21)20(25)18-7-4-14-26-18/h1-7,14,17H,8-13,15H2,(H,22,24)/t17-/m1/s1. The van der Waals surface area contributed by atoms with E-state index in [0.29, 0.717) is 6.54 Å². The maximum absolute atomic E-state index is 12.5. The lowest BCUT2D eigenvalue weighted by atomic mass is 9.90. The van der Waals surface area contributed by atoms with E-state index in [1.807, 2.05) is 40.6 Å². The normalized spacial score (nSPS) is 20.8. The van der Waals surface area contributed by atoms with Gasteiger partial charge < -0.3 is 10.2 Å². The molecule has 1 aromatic heterocycles. The molecule has 1 aromatic carbocycles. The van der Waals surface area contributed by atoms with Gasteiger partial charge in [0, 0.05) is 25.6 Å². The largest absolute Gasteiger partial charge is 0.356 e. The fourth-order valence-corrected chi connectivity index (χ4v) is 4.77. The first-order valence-electron chi connectivity index (χ1n) is 9.32. The summed E-state index contributed by atoms with van der Waals surface area (Å²) in [5, 5.41) is 5.04. The quantitative estimate of drug-likeness (QED) is 0.880. The van der Waals surface area contributed by atoms with Gasteiger partial charge in [0.15, 0.2) is 0 Å². The van der Waals surface area contributed by atoms with Gasteiger partial charge >= 0.3 is 0 Å². The molecule has 26 heavy (non-hydrogen) atoms. The average molecular weight is 369 g/mol. The van der Waals surface area contributed by atoms with Gasteiger partial charge in [0.2, 0.25) is 5.91 Å². The summed E-state index contributed by atoms with van der Waals surface area (Å²) in [5.41, 5.74) is 1.39. The van der Waals surface area contributed by atoms with Gasteiger partial charge in [-0.2, -0.15) is 0 Å². The minimum atomic E-state index is 0.136. The summed E-state index contributed by atoms with van der Waals surface area (Å²) in [4.78, 5) is 27.7. The first-order valence-corrected chi connectivity index (χ1v) is 10.2. The fourth-order valence-electron chi connectivity index (χ4n) is 4.08. The lowest BCUT2D eigenvalue weighted by Gasteiger charge is -2.32. The topological polar surface area (TPSA) is 49.4 Å². The van der Waals surface area contributed by atoms with Crippen molar-refractivity contribution in [2.45, 2.75) is 25.7 Å². The smallest absolute Gasteiger partial charge is 0.263 e. The summed E-state index contributed by atoms with van der Waals surface area (Å²) in [7, 11) is 0. The van der Waals surface area contributed by atoms with Crippen LogP contribution in [-0.2, 0) is 11.2 Å². The molecule has 1 atom stereocenters. The van der Waals surface area contributed by atoms with E-state index >= 15 is 0 Å². The highest BCUT2D eigenvalue weighted by Crippen LogP contribution is 2.59. The Morgan fingerprint density at radius 1 is 1.12 bits per heavy atom. The second-order valence-electron chi connectivity index (χ2n) is 7.42. The van der Waals surface area contributed by atoms with E-state index in [2.05, 4.69) is 17.4 Å². The van der Waals surface area contributed by atoms with Crippen LogP contribution in [0.15, 0.2) is 47.8 Å². The highest BCUT2D eigenvalue weighted by Gasteiger charge is 2.58. The van der Waals surface area contributed by atoms with Crippen molar-refractivity contribution in [3.05, 3.63) is 58.3 Å². The Morgan fingerprint density at radius 2 is 1.88 bits per heavy atom. The molecular formula is C21H24N2O2S. The van der Waals surface area contributed by atoms with Crippen LogP contribution in [0.2, 0.25) is 0 Å². The molecule has 1 saturated carbocycles. The predicted molar refractivity (Wildman–Crippen MR) is 103 cm³/mol. The number of likely N-dealkylation sites (tertiary alicyclic amines) is 1. The number of carbonyl (C=O) groups is 2. The Kier molecular flexibility index (Phi) is 4.81. The molecule has 2 aliphatic rings. The molecule has 2 fully saturated rings. The number of piperidine rings is 1. The Hall–Kier alpha value is -2.14. The minimum absolute atomic E-state index is 0.136. The van der Waals surface area contributed by atoms with Gasteiger partial charge in [-0.25, -0.2) is 0 Å². The van der Waals surface area contributed by atoms with Crippen LogP contribution in [0.5, 0.6) is 0 Å². The van der Waals surface area contributed by atoms with E-state index in [1.165, 1.54) is 16.9 Å². The van der Waals surface area contributed by atoms with Gasteiger partial charge in [-0.15, -0.1) is 11.3 Å². The van der Waals surface area contributed by atoms with Gasteiger partial charge in [-0.3, -0.25) is 9.59 Å². The molecule has 2 aromatic rings. The number of benzene rings is 1. The molecule has 0 unspecified atom stereocenters. The number of nitrogens with zero attached hydrogens (tertiary/aromatic N) is 1. The summed E-state index contributed by atoms with van der Waals surface area (Å²) in [6, 6.07) is 14.0. The van der Waals surface area contributed by atoms with Crippen LogP contribution in [0.3, 0.4) is 0 Å². The van der Waals surface area contributed by atoms with Crippen molar-refractivity contribution in [2.24, 2.45) is 11.3 Å². The molecule has 136 valence electrons. The van der Waals surface area contributed by atoms with Crippen LogP contribution in [0, 0.1) is 11.3 Å². The summed E-state index contributed by atoms with van der Waals surface area (Å²) in [5.74, 6) is 0.468. The monoisotopic (exact) mass is 368 g/mol. The van der Waals surface area contributed by atoms with Crippen molar-refractivity contribution < 1.29 is 9.59 Å². The Bertz CT molecular complexity index is 765.